The second kappa shape index (κ2) is 9.58. The van der Waals surface area contributed by atoms with Crippen molar-refractivity contribution in [2.24, 2.45) is 0 Å². The van der Waals surface area contributed by atoms with Gasteiger partial charge in [0.1, 0.15) is 0 Å². The lowest BCUT2D eigenvalue weighted by molar-refractivity contribution is 0.0943. The SMILES string of the molecule is CC(C)NC(=O)Nc1ccc(C(=O)NC(c2ccc(Cl)cc2)c2ccsc2)cc1. The van der Waals surface area contributed by atoms with Gasteiger partial charge in [0.2, 0.25) is 0 Å². The quantitative estimate of drug-likeness (QED) is 0.489. The van der Waals surface area contributed by atoms with E-state index < -0.39 is 0 Å². The normalized spacial score (nSPS) is 11.7. The first kappa shape index (κ1) is 20.9. The summed E-state index contributed by atoms with van der Waals surface area (Å²) in [4.78, 5) is 24.6. The summed E-state index contributed by atoms with van der Waals surface area (Å²) in [7, 11) is 0. The number of benzene rings is 2. The molecular weight excluding hydrogens is 406 g/mol. The van der Waals surface area contributed by atoms with Gasteiger partial charge in [-0.1, -0.05) is 23.7 Å². The van der Waals surface area contributed by atoms with Crippen molar-refractivity contribution in [2.75, 3.05) is 5.32 Å². The number of rotatable bonds is 6. The number of hydrogen-bond donors (Lipinski definition) is 3. The highest BCUT2D eigenvalue weighted by Gasteiger charge is 2.18. The van der Waals surface area contributed by atoms with Crippen LogP contribution in [0, 0.1) is 0 Å². The van der Waals surface area contributed by atoms with Crippen LogP contribution in [-0.2, 0) is 0 Å². The molecule has 0 aliphatic rings. The molecule has 7 heteroatoms. The van der Waals surface area contributed by atoms with Crippen molar-refractivity contribution in [1.82, 2.24) is 10.6 Å². The number of carbonyl (C=O) groups excluding carboxylic acids is 2. The van der Waals surface area contributed by atoms with Crippen LogP contribution in [0.25, 0.3) is 0 Å². The summed E-state index contributed by atoms with van der Waals surface area (Å²) in [6.07, 6.45) is 0. The highest BCUT2D eigenvalue weighted by Crippen LogP contribution is 2.26. The number of nitrogens with one attached hydrogen (secondary N) is 3. The van der Waals surface area contributed by atoms with Gasteiger partial charge in [-0.25, -0.2) is 4.79 Å². The van der Waals surface area contributed by atoms with E-state index in [0.29, 0.717) is 16.3 Å². The van der Waals surface area contributed by atoms with Crippen molar-refractivity contribution in [1.29, 1.82) is 0 Å². The maximum atomic E-state index is 12.8. The molecule has 0 spiro atoms. The standard InChI is InChI=1S/C22H22ClN3O2S/c1-14(2)24-22(28)25-19-9-5-16(6-10-19)21(27)26-20(17-11-12-29-13-17)15-3-7-18(23)8-4-15/h3-14,20H,1-2H3,(H,26,27)(H2,24,25,28). The molecule has 3 amide bonds. The average molecular weight is 428 g/mol. The highest BCUT2D eigenvalue weighted by atomic mass is 35.5. The van der Waals surface area contributed by atoms with Crippen LogP contribution in [0.5, 0.6) is 0 Å². The van der Waals surface area contributed by atoms with Crippen LogP contribution < -0.4 is 16.0 Å². The maximum Gasteiger partial charge on any atom is 0.319 e. The minimum Gasteiger partial charge on any atom is -0.341 e. The molecule has 1 heterocycles. The predicted molar refractivity (Wildman–Crippen MR) is 119 cm³/mol. The van der Waals surface area contributed by atoms with Crippen molar-refractivity contribution < 1.29 is 9.59 Å². The Morgan fingerprint density at radius 1 is 0.897 bits per heavy atom. The van der Waals surface area contributed by atoms with Gasteiger partial charge in [-0.15, -0.1) is 0 Å². The minimum atomic E-state index is -0.280. The van der Waals surface area contributed by atoms with Crippen molar-refractivity contribution in [3.63, 3.8) is 0 Å². The van der Waals surface area contributed by atoms with Gasteiger partial charge in [-0.3, -0.25) is 4.79 Å². The lowest BCUT2D eigenvalue weighted by atomic mass is 10.0. The second-order valence-corrected chi connectivity index (χ2v) is 8.06. The Hall–Kier alpha value is -2.83. The topological polar surface area (TPSA) is 70.2 Å². The second-order valence-electron chi connectivity index (χ2n) is 6.85. The van der Waals surface area contributed by atoms with Crippen LogP contribution >= 0.6 is 22.9 Å². The van der Waals surface area contributed by atoms with Crippen molar-refractivity contribution >= 4 is 40.6 Å². The van der Waals surface area contributed by atoms with Gasteiger partial charge in [0.25, 0.3) is 5.91 Å². The molecule has 3 rings (SSSR count). The number of anilines is 1. The molecule has 0 aliphatic carbocycles. The summed E-state index contributed by atoms with van der Waals surface area (Å²) in [5, 5.41) is 13.2. The Morgan fingerprint density at radius 3 is 2.17 bits per heavy atom. The van der Waals surface area contributed by atoms with Crippen LogP contribution in [0.3, 0.4) is 0 Å². The van der Waals surface area contributed by atoms with Crippen molar-refractivity contribution in [2.45, 2.75) is 25.9 Å². The third-order valence-electron chi connectivity index (χ3n) is 4.18. The van der Waals surface area contributed by atoms with E-state index in [1.54, 1.807) is 35.6 Å². The maximum absolute atomic E-state index is 12.8. The van der Waals surface area contributed by atoms with Gasteiger partial charge in [0.15, 0.2) is 0 Å². The molecule has 0 saturated carbocycles. The first-order valence-corrected chi connectivity index (χ1v) is 10.5. The number of halogens is 1. The number of thiophene rings is 1. The third-order valence-corrected chi connectivity index (χ3v) is 5.13. The molecule has 0 aliphatic heterocycles. The zero-order valence-corrected chi connectivity index (χ0v) is 17.7. The summed E-state index contributed by atoms with van der Waals surface area (Å²) in [6, 6.07) is 15.7. The first-order valence-electron chi connectivity index (χ1n) is 9.18. The van der Waals surface area contributed by atoms with Crippen molar-refractivity contribution in [3.05, 3.63) is 87.1 Å². The van der Waals surface area contributed by atoms with Crippen LogP contribution in [0.2, 0.25) is 5.02 Å². The molecule has 1 unspecified atom stereocenters. The van der Waals surface area contributed by atoms with E-state index in [1.165, 1.54) is 0 Å². The average Bonchev–Trinajstić information content (AvgIpc) is 3.21. The molecule has 5 nitrogen and oxygen atoms in total. The third kappa shape index (κ3) is 5.82. The highest BCUT2D eigenvalue weighted by molar-refractivity contribution is 7.08. The molecule has 0 fully saturated rings. The van der Waals surface area contributed by atoms with E-state index in [0.717, 1.165) is 11.1 Å². The molecule has 150 valence electrons. The summed E-state index contributed by atoms with van der Waals surface area (Å²) in [6.45, 7) is 3.77. The van der Waals surface area contributed by atoms with E-state index in [-0.39, 0.29) is 24.0 Å². The lowest BCUT2D eigenvalue weighted by Crippen LogP contribution is -2.34. The van der Waals surface area contributed by atoms with Gasteiger partial charge >= 0.3 is 6.03 Å². The molecular formula is C22H22ClN3O2S. The number of carbonyl (C=O) groups is 2. The summed E-state index contributed by atoms with van der Waals surface area (Å²) in [5.41, 5.74) is 3.08. The van der Waals surface area contributed by atoms with Gasteiger partial charge in [0, 0.05) is 22.3 Å². The molecule has 0 saturated heterocycles. The molecule has 0 bridgehead atoms. The van der Waals surface area contributed by atoms with Gasteiger partial charge in [0.05, 0.1) is 6.04 Å². The molecule has 2 aromatic carbocycles. The fourth-order valence-corrected chi connectivity index (χ4v) is 3.61. The minimum absolute atomic E-state index is 0.0435. The smallest absolute Gasteiger partial charge is 0.319 e. The summed E-state index contributed by atoms with van der Waals surface area (Å²) in [5.74, 6) is -0.200. The van der Waals surface area contributed by atoms with Crippen LogP contribution in [0.1, 0.15) is 41.4 Å². The summed E-state index contributed by atoms with van der Waals surface area (Å²) < 4.78 is 0. The van der Waals surface area contributed by atoms with Crippen LogP contribution in [0.4, 0.5) is 10.5 Å². The predicted octanol–water partition coefficient (Wildman–Crippen LogP) is 5.45. The molecule has 29 heavy (non-hydrogen) atoms. The largest absolute Gasteiger partial charge is 0.341 e. The van der Waals surface area contributed by atoms with Crippen LogP contribution in [-0.4, -0.2) is 18.0 Å². The first-order chi connectivity index (χ1) is 13.9. The fraction of sp³-hybridized carbons (Fsp3) is 0.182. The van der Waals surface area contributed by atoms with E-state index >= 15 is 0 Å². The van der Waals surface area contributed by atoms with Gasteiger partial charge in [-0.2, -0.15) is 11.3 Å². The number of amides is 3. The number of hydrogen-bond acceptors (Lipinski definition) is 3. The number of urea groups is 1. The monoisotopic (exact) mass is 427 g/mol. The Bertz CT molecular complexity index is 955. The Morgan fingerprint density at radius 2 is 1.59 bits per heavy atom. The Labute approximate surface area is 179 Å². The zero-order chi connectivity index (χ0) is 20.8. The van der Waals surface area contributed by atoms with E-state index in [4.69, 9.17) is 11.6 Å². The van der Waals surface area contributed by atoms with Crippen LogP contribution in [0.15, 0.2) is 65.4 Å². The molecule has 3 N–H and O–H groups in total. The lowest BCUT2D eigenvalue weighted by Gasteiger charge is -2.19. The summed E-state index contributed by atoms with van der Waals surface area (Å²) >= 11 is 7.58. The van der Waals surface area contributed by atoms with E-state index in [9.17, 15) is 9.59 Å². The molecule has 3 aromatic rings. The fourth-order valence-electron chi connectivity index (χ4n) is 2.80. The van der Waals surface area contributed by atoms with Gasteiger partial charge in [-0.05, 0) is 78.2 Å². The zero-order valence-electron chi connectivity index (χ0n) is 16.1. The molecule has 1 aromatic heterocycles. The van der Waals surface area contributed by atoms with E-state index in [2.05, 4.69) is 16.0 Å². The van der Waals surface area contributed by atoms with Crippen molar-refractivity contribution in [3.8, 4) is 0 Å². The Kier molecular flexibility index (Phi) is 6.90. The van der Waals surface area contributed by atoms with Gasteiger partial charge < -0.3 is 16.0 Å². The Balaban J connectivity index is 1.73. The molecule has 0 radical (unpaired) electrons. The molecule has 1 atom stereocenters. The van der Waals surface area contributed by atoms with E-state index in [1.807, 2.05) is 54.9 Å².